The molecule has 0 saturated carbocycles. The Kier molecular flexibility index (Phi) is 13.2. The van der Waals surface area contributed by atoms with Gasteiger partial charge in [-0.2, -0.15) is 0 Å². The molecule has 2 bridgehead atoms. The topological polar surface area (TPSA) is 166 Å². The molecule has 4 heterocycles. The second-order valence-corrected chi connectivity index (χ2v) is 13.8. The number of nitrogens with zero attached hydrogens (tertiary/aromatic N) is 2. The zero-order valence-corrected chi connectivity index (χ0v) is 29.1. The Balaban J connectivity index is 0.754. The molecule has 6 rings (SSSR count). The molecule has 4 amide bonds. The predicted molar refractivity (Wildman–Crippen MR) is 186 cm³/mol. The summed E-state index contributed by atoms with van der Waals surface area (Å²) in [5, 5.41) is 8.72. The molecule has 5 aliphatic rings. The minimum Gasteiger partial charge on any atom is -0.379 e. The lowest BCUT2D eigenvalue weighted by molar-refractivity contribution is -0.134. The van der Waals surface area contributed by atoms with Gasteiger partial charge in [-0.25, -0.2) is 4.39 Å². The molecule has 3 N–H and O–H groups in total. The minimum atomic E-state index is -0.939. The molecular formula is C35H44FN5O9S. The van der Waals surface area contributed by atoms with Crippen molar-refractivity contribution < 1.29 is 47.3 Å². The van der Waals surface area contributed by atoms with Crippen LogP contribution in [0.25, 0.3) is 0 Å². The Bertz CT molecular complexity index is 1510. The number of amides is 4. The largest absolute Gasteiger partial charge is 0.379 e. The number of likely N-dealkylation sites (tertiary alicyclic amines) is 1. The number of carbonyl (C=O) groups excluding carboxylic acids is 4. The van der Waals surface area contributed by atoms with Gasteiger partial charge < -0.3 is 39.2 Å². The van der Waals surface area contributed by atoms with E-state index in [-0.39, 0.29) is 74.5 Å². The van der Waals surface area contributed by atoms with Crippen molar-refractivity contribution in [1.29, 1.82) is 0 Å². The highest BCUT2D eigenvalue weighted by Crippen LogP contribution is 2.41. The number of amidine groups is 1. The van der Waals surface area contributed by atoms with Crippen molar-refractivity contribution >= 4 is 46.2 Å². The third-order valence-electron chi connectivity index (χ3n) is 9.05. The predicted octanol–water partition coefficient (Wildman–Crippen LogP) is 2.17. The first-order valence-electron chi connectivity index (χ1n) is 17.4. The Morgan fingerprint density at radius 3 is 2.37 bits per heavy atom. The van der Waals surface area contributed by atoms with Crippen molar-refractivity contribution in [3.8, 4) is 0 Å². The van der Waals surface area contributed by atoms with Crippen LogP contribution in [0, 0.1) is 0 Å². The lowest BCUT2D eigenvalue weighted by Gasteiger charge is -2.32. The molecule has 0 spiro atoms. The van der Waals surface area contributed by atoms with E-state index in [1.165, 1.54) is 17.8 Å². The number of carbonyl (C=O) groups is 4. The number of morpholine rings is 1. The van der Waals surface area contributed by atoms with Gasteiger partial charge in [0.05, 0.1) is 64.2 Å². The van der Waals surface area contributed by atoms with Gasteiger partial charge in [0.15, 0.2) is 5.17 Å². The molecular weight excluding hydrogens is 685 g/mol. The number of thioether (sulfide) groups is 1. The highest BCUT2D eigenvalue weighted by atomic mass is 32.2. The minimum absolute atomic E-state index is 0.170. The highest BCUT2D eigenvalue weighted by molar-refractivity contribution is 8.17. The normalized spacial score (nSPS) is 25.5. The summed E-state index contributed by atoms with van der Waals surface area (Å²) >= 11 is 1.53. The Morgan fingerprint density at radius 1 is 0.941 bits per heavy atom. The smallest absolute Gasteiger partial charge is 0.246 e. The van der Waals surface area contributed by atoms with Crippen LogP contribution in [0.15, 0.2) is 52.1 Å². The quantitative estimate of drug-likeness (QED) is 0.159. The first-order chi connectivity index (χ1) is 24.8. The van der Waals surface area contributed by atoms with E-state index in [9.17, 15) is 23.6 Å². The maximum Gasteiger partial charge on any atom is 0.246 e. The van der Waals surface area contributed by atoms with Gasteiger partial charge in [-0.1, -0.05) is 23.9 Å². The second kappa shape index (κ2) is 18.2. The molecule has 0 aromatic heterocycles. The van der Waals surface area contributed by atoms with Crippen molar-refractivity contribution in [2.24, 2.45) is 4.99 Å². The number of piperidine rings is 1. The van der Waals surface area contributed by atoms with Crippen molar-refractivity contribution in [2.75, 3.05) is 71.2 Å². The zero-order valence-electron chi connectivity index (χ0n) is 28.3. The number of hydrogen-bond donors (Lipinski definition) is 3. The monoisotopic (exact) mass is 729 g/mol. The summed E-state index contributed by atoms with van der Waals surface area (Å²) in [4.78, 5) is 55.9. The van der Waals surface area contributed by atoms with E-state index in [2.05, 4.69) is 20.9 Å². The number of aliphatic imine (C=N–C) groups is 1. The van der Waals surface area contributed by atoms with Gasteiger partial charge in [0, 0.05) is 36.6 Å². The van der Waals surface area contributed by atoms with E-state index in [4.69, 9.17) is 28.7 Å². The molecule has 3 fully saturated rings. The average molecular weight is 730 g/mol. The van der Waals surface area contributed by atoms with Gasteiger partial charge in [-0.15, -0.1) is 0 Å². The third kappa shape index (κ3) is 10.5. The number of nitrogens with one attached hydrogen (secondary N) is 3. The SMILES string of the molecule is O=C(COC1C(F)=CC=C2SC(N3CC4CCC(C3)O4)=NC21)NCCOCCOCCOCCC(=O)Nc1ccc(C2CCC(=O)NC2=O)cc1. The Morgan fingerprint density at radius 2 is 1.65 bits per heavy atom. The Labute approximate surface area is 299 Å². The van der Waals surface area contributed by atoms with Gasteiger partial charge in [0.1, 0.15) is 24.6 Å². The van der Waals surface area contributed by atoms with Gasteiger partial charge in [-0.3, -0.25) is 29.5 Å². The number of imide groups is 1. The van der Waals surface area contributed by atoms with E-state index >= 15 is 0 Å². The van der Waals surface area contributed by atoms with Gasteiger partial charge in [0.2, 0.25) is 23.6 Å². The molecule has 0 radical (unpaired) electrons. The van der Waals surface area contributed by atoms with Gasteiger partial charge in [0.25, 0.3) is 0 Å². The fourth-order valence-corrected chi connectivity index (χ4v) is 7.53. The summed E-state index contributed by atoms with van der Waals surface area (Å²) in [6, 6.07) is 6.52. The number of hydrogen-bond acceptors (Lipinski definition) is 12. The number of halogens is 1. The number of ether oxygens (including phenoxy) is 5. The van der Waals surface area contributed by atoms with E-state index in [1.54, 1.807) is 30.3 Å². The molecule has 276 valence electrons. The third-order valence-corrected chi connectivity index (χ3v) is 10.2. The summed E-state index contributed by atoms with van der Waals surface area (Å²) in [7, 11) is 0. The summed E-state index contributed by atoms with van der Waals surface area (Å²) in [6.07, 6.45) is 5.69. The number of benzene rings is 1. The molecule has 1 aromatic rings. The van der Waals surface area contributed by atoms with Crippen molar-refractivity contribution in [2.45, 2.75) is 62.4 Å². The first kappa shape index (κ1) is 37.1. The van der Waals surface area contributed by atoms with Crippen LogP contribution in [0.2, 0.25) is 0 Å². The second-order valence-electron chi connectivity index (χ2n) is 12.8. The van der Waals surface area contributed by atoms with Crippen LogP contribution >= 0.6 is 11.8 Å². The van der Waals surface area contributed by atoms with Crippen molar-refractivity contribution in [3.05, 3.63) is 52.7 Å². The fourth-order valence-electron chi connectivity index (χ4n) is 6.44. The number of fused-ring (bicyclic) bond motifs is 3. The van der Waals surface area contributed by atoms with Crippen LogP contribution in [0.5, 0.6) is 0 Å². The van der Waals surface area contributed by atoms with E-state index in [0.717, 1.165) is 41.6 Å². The van der Waals surface area contributed by atoms with E-state index in [1.807, 2.05) is 0 Å². The Hall–Kier alpha value is -3.67. The molecule has 16 heteroatoms. The number of rotatable bonds is 17. The molecule has 3 saturated heterocycles. The standard InChI is InChI=1S/C35H44FN5O9S/c36-27-8-9-28-32(40-35(51-28)41-19-24-5-6-25(20-41)50-24)33(27)49-21-31(44)37-12-14-47-16-18-48-17-15-46-13-11-30(43)38-23-3-1-22(2-4-23)26-7-10-29(42)39-34(26)45/h1-4,8-9,24-26,32-33H,5-7,10-21H2,(H,37,44)(H,38,43)(H,39,42,45). The van der Waals surface area contributed by atoms with Crippen molar-refractivity contribution in [3.63, 3.8) is 0 Å². The number of anilines is 1. The summed E-state index contributed by atoms with van der Waals surface area (Å²) in [6.45, 7) is 3.38. The first-order valence-corrected chi connectivity index (χ1v) is 18.2. The molecule has 51 heavy (non-hydrogen) atoms. The average Bonchev–Trinajstić information content (AvgIpc) is 3.71. The summed E-state index contributed by atoms with van der Waals surface area (Å²) < 4.78 is 42.8. The molecule has 5 unspecified atom stereocenters. The van der Waals surface area contributed by atoms with Crippen LogP contribution < -0.4 is 16.0 Å². The maximum atomic E-state index is 14.7. The number of allylic oxidation sites excluding steroid dienone is 2. The van der Waals surface area contributed by atoms with Crippen LogP contribution in [0.3, 0.4) is 0 Å². The fraction of sp³-hybridized carbons (Fsp3) is 0.571. The zero-order chi connectivity index (χ0) is 35.6. The molecule has 5 atom stereocenters. The van der Waals surface area contributed by atoms with Crippen LogP contribution in [0.1, 0.15) is 43.6 Å². The van der Waals surface area contributed by atoms with Crippen LogP contribution in [-0.4, -0.2) is 124 Å². The van der Waals surface area contributed by atoms with Gasteiger partial charge >= 0.3 is 0 Å². The highest BCUT2D eigenvalue weighted by Gasteiger charge is 2.42. The summed E-state index contributed by atoms with van der Waals surface area (Å²) in [5.74, 6) is -1.94. The molecule has 14 nitrogen and oxygen atoms in total. The molecule has 1 aromatic carbocycles. The van der Waals surface area contributed by atoms with Crippen molar-refractivity contribution in [1.82, 2.24) is 15.5 Å². The van der Waals surface area contributed by atoms with Gasteiger partial charge in [-0.05, 0) is 49.1 Å². The molecule has 1 aliphatic carbocycles. The van der Waals surface area contributed by atoms with Crippen LogP contribution in [0.4, 0.5) is 10.1 Å². The lowest BCUT2D eigenvalue weighted by Crippen LogP contribution is -2.44. The lowest BCUT2D eigenvalue weighted by atomic mass is 9.90. The van der Waals surface area contributed by atoms with E-state index < -0.39 is 18.0 Å². The van der Waals surface area contributed by atoms with Crippen LogP contribution in [-0.2, 0) is 42.9 Å². The molecule has 4 aliphatic heterocycles. The summed E-state index contributed by atoms with van der Waals surface area (Å²) in [5.41, 5.74) is 1.41. The van der Waals surface area contributed by atoms with E-state index in [0.29, 0.717) is 45.0 Å². The maximum absolute atomic E-state index is 14.7.